The number of carbonyl (C=O) groups excluding carboxylic acids is 1. The number of hydrogen-bond donors (Lipinski definition) is 1. The Balaban J connectivity index is 1.90. The fourth-order valence-electron chi connectivity index (χ4n) is 1.78. The minimum absolute atomic E-state index is 0.00264. The van der Waals surface area contributed by atoms with Crippen molar-refractivity contribution in [2.24, 2.45) is 0 Å². The van der Waals surface area contributed by atoms with Gasteiger partial charge in [0.05, 0.1) is 18.8 Å². The Bertz CT molecular complexity index is 363. The zero-order valence-electron chi connectivity index (χ0n) is 9.93. The summed E-state index contributed by atoms with van der Waals surface area (Å²) >= 11 is 0. The van der Waals surface area contributed by atoms with Crippen LogP contribution in [-0.4, -0.2) is 48.6 Å². The molecule has 0 aromatic carbocycles. The number of carbonyl (C=O) groups is 1. The average Bonchev–Trinajstić information content (AvgIpc) is 2.40. The van der Waals surface area contributed by atoms with Gasteiger partial charge < -0.3 is 15.0 Å². The molecule has 0 bridgehead atoms. The summed E-state index contributed by atoms with van der Waals surface area (Å²) in [6, 6.07) is 5.68. The first-order chi connectivity index (χ1) is 8.27. The Kier molecular flexibility index (Phi) is 4.06. The highest BCUT2D eigenvalue weighted by Crippen LogP contribution is 2.04. The maximum atomic E-state index is 12.0. The molecule has 1 aromatic rings. The molecule has 0 aliphatic carbocycles. The lowest BCUT2D eigenvalue weighted by molar-refractivity contribution is -0.144. The van der Waals surface area contributed by atoms with E-state index < -0.39 is 0 Å². The van der Waals surface area contributed by atoms with Crippen molar-refractivity contribution in [1.29, 1.82) is 0 Å². The maximum absolute atomic E-state index is 12.0. The van der Waals surface area contributed by atoms with Crippen LogP contribution in [0.4, 0.5) is 0 Å². The molecule has 2 rings (SSSR count). The van der Waals surface area contributed by atoms with Crippen LogP contribution in [0.2, 0.25) is 0 Å². The van der Waals surface area contributed by atoms with Crippen LogP contribution in [0.3, 0.4) is 0 Å². The van der Waals surface area contributed by atoms with E-state index >= 15 is 0 Å². The molecule has 5 nitrogen and oxygen atoms in total. The van der Waals surface area contributed by atoms with Crippen molar-refractivity contribution in [3.63, 3.8) is 0 Å². The first-order valence-electron chi connectivity index (χ1n) is 5.74. The Morgan fingerprint density at radius 3 is 3.18 bits per heavy atom. The third-order valence-corrected chi connectivity index (χ3v) is 2.70. The molecule has 1 fully saturated rings. The van der Waals surface area contributed by atoms with Gasteiger partial charge in [0.1, 0.15) is 6.10 Å². The summed E-state index contributed by atoms with van der Waals surface area (Å²) in [6.07, 6.45) is 1.37. The number of nitrogens with zero attached hydrogens (tertiary/aromatic N) is 2. The second-order valence-electron chi connectivity index (χ2n) is 4.08. The van der Waals surface area contributed by atoms with Gasteiger partial charge in [-0.1, -0.05) is 6.07 Å². The molecule has 0 saturated carbocycles. The summed E-state index contributed by atoms with van der Waals surface area (Å²) < 4.78 is 5.42. The predicted molar refractivity (Wildman–Crippen MR) is 63.3 cm³/mol. The normalized spacial score (nSPS) is 19.9. The first kappa shape index (κ1) is 12.0. The molecule has 0 radical (unpaired) electrons. The van der Waals surface area contributed by atoms with E-state index in [1.54, 1.807) is 18.1 Å². The third kappa shape index (κ3) is 3.25. The average molecular weight is 235 g/mol. The van der Waals surface area contributed by atoms with Gasteiger partial charge in [-0.05, 0) is 12.1 Å². The van der Waals surface area contributed by atoms with E-state index in [1.165, 1.54) is 0 Å². The van der Waals surface area contributed by atoms with Gasteiger partial charge in [0.25, 0.3) is 5.91 Å². The van der Waals surface area contributed by atoms with E-state index in [1.807, 2.05) is 18.2 Å². The van der Waals surface area contributed by atoms with Gasteiger partial charge in [-0.2, -0.15) is 0 Å². The van der Waals surface area contributed by atoms with Crippen LogP contribution in [0.5, 0.6) is 0 Å². The van der Waals surface area contributed by atoms with E-state index in [0.717, 1.165) is 12.2 Å². The lowest BCUT2D eigenvalue weighted by atomic mass is 10.2. The first-order valence-corrected chi connectivity index (χ1v) is 5.74. The number of rotatable bonds is 3. The summed E-state index contributed by atoms with van der Waals surface area (Å²) in [4.78, 5) is 17.9. The second kappa shape index (κ2) is 5.75. The molecule has 17 heavy (non-hydrogen) atoms. The maximum Gasteiger partial charge on any atom is 0.253 e. The third-order valence-electron chi connectivity index (χ3n) is 2.70. The van der Waals surface area contributed by atoms with Crippen LogP contribution in [0.15, 0.2) is 24.4 Å². The number of likely N-dealkylation sites (N-methyl/N-ethyl adjacent to an activating group) is 1. The molecule has 1 aliphatic rings. The molecule has 1 aliphatic heterocycles. The van der Waals surface area contributed by atoms with Gasteiger partial charge in [0, 0.05) is 26.3 Å². The summed E-state index contributed by atoms with van der Waals surface area (Å²) in [6.45, 7) is 2.51. The van der Waals surface area contributed by atoms with E-state index in [-0.39, 0.29) is 12.0 Å². The number of pyridine rings is 1. The highest BCUT2D eigenvalue weighted by atomic mass is 16.5. The molecule has 1 amide bonds. The second-order valence-corrected chi connectivity index (χ2v) is 4.08. The highest BCUT2D eigenvalue weighted by molar-refractivity contribution is 5.81. The number of morpholine rings is 1. The minimum Gasteiger partial charge on any atom is -0.366 e. The fraction of sp³-hybridized carbons (Fsp3) is 0.500. The largest absolute Gasteiger partial charge is 0.366 e. The van der Waals surface area contributed by atoms with Crippen LogP contribution >= 0.6 is 0 Å². The standard InChI is InChI=1S/C12H17N3O2/c1-15(9-10-4-2-3-5-14-10)12(16)11-8-13-6-7-17-11/h2-5,11,13H,6-9H2,1H3. The molecule has 1 N–H and O–H groups in total. The molecule has 1 atom stereocenters. The quantitative estimate of drug-likeness (QED) is 0.803. The number of nitrogens with one attached hydrogen (secondary N) is 1. The molecular formula is C12H17N3O2. The summed E-state index contributed by atoms with van der Waals surface area (Å²) in [5, 5.41) is 3.15. The van der Waals surface area contributed by atoms with Gasteiger partial charge in [-0.15, -0.1) is 0 Å². The van der Waals surface area contributed by atoms with Gasteiger partial charge in [0.15, 0.2) is 0 Å². The number of aromatic nitrogens is 1. The van der Waals surface area contributed by atoms with Crippen LogP contribution in [0, 0.1) is 0 Å². The van der Waals surface area contributed by atoms with Gasteiger partial charge in [0.2, 0.25) is 0 Å². The summed E-state index contributed by atoms with van der Waals surface area (Å²) in [5.74, 6) is 0.00264. The Hall–Kier alpha value is -1.46. The molecule has 5 heteroatoms. The lowest BCUT2D eigenvalue weighted by Crippen LogP contribution is -2.48. The molecule has 0 spiro atoms. The molecular weight excluding hydrogens is 218 g/mol. The molecule has 1 aromatic heterocycles. The summed E-state index contributed by atoms with van der Waals surface area (Å²) in [7, 11) is 1.77. The van der Waals surface area contributed by atoms with Crippen LogP contribution in [0.25, 0.3) is 0 Å². The monoisotopic (exact) mass is 235 g/mol. The minimum atomic E-state index is -0.363. The molecule has 92 valence electrons. The number of hydrogen-bond acceptors (Lipinski definition) is 4. The van der Waals surface area contributed by atoms with Gasteiger partial charge in [-0.25, -0.2) is 0 Å². The van der Waals surface area contributed by atoms with Crippen LogP contribution < -0.4 is 5.32 Å². The number of amides is 1. The predicted octanol–water partition coefficient (Wildman–Crippen LogP) is 0.0284. The van der Waals surface area contributed by atoms with Crippen molar-refractivity contribution in [2.45, 2.75) is 12.6 Å². The van der Waals surface area contributed by atoms with Crippen molar-refractivity contribution in [3.05, 3.63) is 30.1 Å². The van der Waals surface area contributed by atoms with Crippen molar-refractivity contribution < 1.29 is 9.53 Å². The molecule has 1 saturated heterocycles. The van der Waals surface area contributed by atoms with E-state index in [4.69, 9.17) is 4.74 Å². The fourth-order valence-corrected chi connectivity index (χ4v) is 1.78. The zero-order chi connectivity index (χ0) is 12.1. The molecule has 2 heterocycles. The Labute approximate surface area is 101 Å². The number of ether oxygens (including phenoxy) is 1. The Morgan fingerprint density at radius 2 is 2.53 bits per heavy atom. The lowest BCUT2D eigenvalue weighted by Gasteiger charge is -2.27. The van der Waals surface area contributed by atoms with Crippen molar-refractivity contribution >= 4 is 5.91 Å². The van der Waals surface area contributed by atoms with Crippen LogP contribution in [-0.2, 0) is 16.1 Å². The van der Waals surface area contributed by atoms with Crippen LogP contribution in [0.1, 0.15) is 5.69 Å². The van der Waals surface area contributed by atoms with E-state index in [0.29, 0.717) is 19.7 Å². The van der Waals surface area contributed by atoms with E-state index in [2.05, 4.69) is 10.3 Å². The topological polar surface area (TPSA) is 54.5 Å². The van der Waals surface area contributed by atoms with Gasteiger partial charge in [-0.3, -0.25) is 9.78 Å². The van der Waals surface area contributed by atoms with Gasteiger partial charge >= 0.3 is 0 Å². The summed E-state index contributed by atoms with van der Waals surface area (Å²) in [5.41, 5.74) is 0.882. The SMILES string of the molecule is CN(Cc1ccccn1)C(=O)C1CNCCO1. The highest BCUT2D eigenvalue weighted by Gasteiger charge is 2.24. The van der Waals surface area contributed by atoms with Crippen molar-refractivity contribution in [3.8, 4) is 0 Å². The Morgan fingerprint density at radius 1 is 1.65 bits per heavy atom. The van der Waals surface area contributed by atoms with E-state index in [9.17, 15) is 4.79 Å². The smallest absolute Gasteiger partial charge is 0.253 e. The van der Waals surface area contributed by atoms with Crippen molar-refractivity contribution in [1.82, 2.24) is 15.2 Å². The molecule has 1 unspecified atom stereocenters. The van der Waals surface area contributed by atoms with Crippen molar-refractivity contribution in [2.75, 3.05) is 26.7 Å². The zero-order valence-corrected chi connectivity index (χ0v) is 9.93.